The van der Waals surface area contributed by atoms with Crippen molar-refractivity contribution in [2.45, 2.75) is 0 Å². The van der Waals surface area contributed by atoms with Gasteiger partial charge in [0.05, 0.1) is 94.9 Å². The molecular weight excluding hydrogens is 1080 g/mol. The standard InChI is InChI=1S/C60H34N12O12/c73-57-33-25-34(50(70(79)80)27-49(33)69(77)78)58(74)66-38-14-6-2-10-30(38)54-42-18-17-41(61-42)53(29-9-1-5-13-37(29)65-57)45-21-22-46(63-45)55-31-11-3-7-15-39(31)67-59(75)35-26-36(52(72(83)84)28-51(35)71(81)82)60(76)68-40-16-8-4-12-32(40)56(44-20-19-43(55)62-44)48-24-23-47(54)64-48/h1-28,77-78H,(H4,61,62,63,64,65,66,67,68,73,74,75,76)/p+1. The van der Waals surface area contributed by atoms with Crippen molar-refractivity contribution < 1.29 is 55.5 Å². The van der Waals surface area contributed by atoms with Crippen LogP contribution in [0.5, 0.6) is 0 Å². The lowest BCUT2D eigenvalue weighted by Gasteiger charge is -2.27. The third kappa shape index (κ3) is 8.50. The van der Waals surface area contributed by atoms with Crippen molar-refractivity contribution in [3.63, 3.8) is 0 Å². The monoisotopic (exact) mass is 1120 g/mol. The van der Waals surface area contributed by atoms with E-state index in [1.54, 1.807) is 134 Å². The molecule has 0 saturated carbocycles. The van der Waals surface area contributed by atoms with Gasteiger partial charge in [0, 0.05) is 45.9 Å². The summed E-state index contributed by atoms with van der Waals surface area (Å²) in [7, 11) is 0. The SMILES string of the molecule is O=[N+]([O-])C1=CC(=[N+](O)O)C2=C(O)[N-]c3ccccc3C3=C4C=CC(=[NH+]4)C(=C4C=CC(=N4)C4=C5C=CC(=N5)C(=C5C=CC3=N5)c3ccccc3N=C(O)c3cc(c([N+](=O)[O-])cc3[N+](=O)[O-])C(O)=Nc3ccccc34)c3ccccc3N=C(O)C1=C2. The largest absolute Gasteiger partial charge is 0.626 e. The first-order valence-corrected chi connectivity index (χ1v) is 25.2. The third-order valence-corrected chi connectivity index (χ3v) is 14.3. The number of nitro groups is 3. The fourth-order valence-corrected chi connectivity index (χ4v) is 10.6. The number of fused-ring (bicyclic) bond motifs is 15. The summed E-state index contributed by atoms with van der Waals surface area (Å²) < 4.78 is 0. The molecule has 24 heteroatoms. The molecule has 406 valence electrons. The summed E-state index contributed by atoms with van der Waals surface area (Å²) in [5.41, 5.74) is -0.0133. The predicted octanol–water partition coefficient (Wildman–Crippen LogP) is 9.88. The number of nitrogens with one attached hydrogen (secondary N) is 1. The average Bonchev–Trinajstić information content (AvgIpc) is 3.56. The highest BCUT2D eigenvalue weighted by Crippen LogP contribution is 2.44. The fraction of sp³-hybridized carbons (Fsp3) is 0. The summed E-state index contributed by atoms with van der Waals surface area (Å²) in [6.07, 6.45) is 15.5. The number of aliphatic hydroxyl groups is 4. The third-order valence-electron chi connectivity index (χ3n) is 14.3. The maximum absolute atomic E-state index is 12.7. The lowest BCUT2D eigenvalue weighted by atomic mass is 9.95. The van der Waals surface area contributed by atoms with E-state index in [4.69, 9.17) is 15.0 Å². The summed E-state index contributed by atoms with van der Waals surface area (Å²) in [5.74, 6) is -3.68. The number of para-hydroxylation sites is 4. The van der Waals surface area contributed by atoms with Crippen LogP contribution in [0.2, 0.25) is 0 Å². The van der Waals surface area contributed by atoms with E-state index in [9.17, 15) is 61.2 Å². The summed E-state index contributed by atoms with van der Waals surface area (Å²) in [6, 6.07) is 27.6. The van der Waals surface area contributed by atoms with Gasteiger partial charge >= 0.3 is 5.71 Å². The number of nitrogens with zero attached hydrogens (tertiary/aromatic N) is 11. The zero-order chi connectivity index (χ0) is 58.2. The normalized spacial score (nSPS) is 17.4. The summed E-state index contributed by atoms with van der Waals surface area (Å²) >= 11 is 0. The van der Waals surface area contributed by atoms with Gasteiger partial charge in [-0.25, -0.2) is 45.4 Å². The second kappa shape index (κ2) is 19.6. The van der Waals surface area contributed by atoms with E-state index in [1.165, 1.54) is 12.1 Å². The molecule has 0 radical (unpaired) electrons. The molecule has 1 aliphatic carbocycles. The van der Waals surface area contributed by atoms with Crippen molar-refractivity contribution in [2.75, 3.05) is 0 Å². The molecule has 8 aliphatic rings. The van der Waals surface area contributed by atoms with Crippen LogP contribution in [-0.2, 0) is 0 Å². The summed E-state index contributed by atoms with van der Waals surface area (Å²) in [5, 5.41) is 111. The molecule has 84 heavy (non-hydrogen) atoms. The Labute approximate surface area is 471 Å². The Hall–Kier alpha value is -12.6. The second-order valence-corrected chi connectivity index (χ2v) is 19.1. The van der Waals surface area contributed by atoms with E-state index in [2.05, 4.69) is 25.3 Å². The van der Waals surface area contributed by atoms with Crippen LogP contribution in [-0.4, -0.2) is 96.8 Å². The maximum atomic E-state index is 12.7. The van der Waals surface area contributed by atoms with Gasteiger partial charge in [-0.3, -0.25) is 30.3 Å². The van der Waals surface area contributed by atoms with Crippen LogP contribution < -0.4 is 4.99 Å². The lowest BCUT2D eigenvalue weighted by Crippen LogP contribution is -2.68. The van der Waals surface area contributed by atoms with E-state index < -0.39 is 88.3 Å². The minimum atomic E-state index is -0.950. The minimum absolute atomic E-state index is 0.0306. The van der Waals surface area contributed by atoms with Gasteiger partial charge in [0.2, 0.25) is 34.0 Å². The first-order chi connectivity index (χ1) is 40.6. The Morgan fingerprint density at radius 2 is 0.917 bits per heavy atom. The number of rotatable bonds is 3. The molecule has 7 aliphatic heterocycles. The van der Waals surface area contributed by atoms with Crippen molar-refractivity contribution >= 4 is 103 Å². The van der Waals surface area contributed by atoms with Crippen molar-refractivity contribution in [1.29, 1.82) is 0 Å². The van der Waals surface area contributed by atoms with E-state index >= 15 is 0 Å². The summed E-state index contributed by atoms with van der Waals surface area (Å²) in [4.78, 5) is 67.9. The molecule has 0 saturated heterocycles. The quantitative estimate of drug-likeness (QED) is 0.0504. The van der Waals surface area contributed by atoms with Crippen molar-refractivity contribution in [3.8, 4) is 0 Å². The molecule has 0 aromatic heterocycles. The van der Waals surface area contributed by atoms with Crippen LogP contribution in [0.4, 0.5) is 34.1 Å². The first kappa shape index (κ1) is 50.9. The summed E-state index contributed by atoms with van der Waals surface area (Å²) in [6.45, 7) is 0. The molecule has 24 nitrogen and oxygen atoms in total. The Morgan fingerprint density at radius 3 is 1.43 bits per heavy atom. The number of aliphatic hydroxyl groups excluding tert-OH is 4. The van der Waals surface area contributed by atoms with E-state index in [0.717, 1.165) is 18.2 Å². The number of aliphatic imine (C=N–C) groups is 6. The molecule has 0 fully saturated rings. The highest BCUT2D eigenvalue weighted by molar-refractivity contribution is 6.40. The smallest absolute Gasteiger partial charge is 0.327 e. The number of nitro benzene ring substituents is 2. The van der Waals surface area contributed by atoms with Gasteiger partial charge in [0.1, 0.15) is 16.7 Å². The van der Waals surface area contributed by atoms with Crippen LogP contribution in [0.1, 0.15) is 33.4 Å². The molecule has 7 heterocycles. The molecule has 0 amide bonds. The Balaban J connectivity index is 1.19. The van der Waals surface area contributed by atoms with Crippen LogP contribution in [0, 0.1) is 30.3 Å². The average molecular weight is 1120 g/mol. The van der Waals surface area contributed by atoms with Gasteiger partial charge in [-0.1, -0.05) is 78.9 Å². The maximum Gasteiger partial charge on any atom is 0.327 e. The van der Waals surface area contributed by atoms with Gasteiger partial charge in [-0.05, 0) is 72.4 Å². The molecule has 0 atom stereocenters. The second-order valence-electron chi connectivity index (χ2n) is 19.1. The van der Waals surface area contributed by atoms with Gasteiger partial charge in [0.25, 0.3) is 17.1 Å². The Morgan fingerprint density at radius 1 is 0.452 bits per heavy atom. The lowest BCUT2D eigenvalue weighted by molar-refractivity contribution is -0.955. The molecular formula is C60H35N12O12+. The predicted molar refractivity (Wildman–Crippen MR) is 310 cm³/mol. The number of hydrogen-bond acceptors (Lipinski definition) is 15. The van der Waals surface area contributed by atoms with Gasteiger partial charge in [-0.2, -0.15) is 0 Å². The van der Waals surface area contributed by atoms with Crippen molar-refractivity contribution in [1.82, 2.24) is 0 Å². The van der Waals surface area contributed by atoms with Gasteiger partial charge < -0.3 is 25.7 Å². The fourth-order valence-electron chi connectivity index (χ4n) is 10.6. The van der Waals surface area contributed by atoms with Gasteiger partial charge in [-0.15, -0.1) is 5.69 Å². The number of benzene rings is 5. The first-order valence-electron chi connectivity index (χ1n) is 25.2. The van der Waals surface area contributed by atoms with E-state index in [1.807, 2.05) is 0 Å². The van der Waals surface area contributed by atoms with Crippen LogP contribution >= 0.6 is 0 Å². The highest BCUT2D eigenvalue weighted by Gasteiger charge is 2.38. The topological polar surface area (TPSA) is 356 Å². The molecule has 5 aromatic rings. The van der Waals surface area contributed by atoms with Crippen molar-refractivity contribution in [2.24, 2.45) is 30.0 Å². The molecule has 7 N–H and O–H groups in total. The molecule has 13 rings (SSSR count). The highest BCUT2D eigenvalue weighted by atomic mass is 16.8. The molecule has 5 aromatic carbocycles. The molecule has 0 spiro atoms. The zero-order valence-corrected chi connectivity index (χ0v) is 42.7. The van der Waals surface area contributed by atoms with Gasteiger partial charge in [0.15, 0.2) is 0 Å². The Kier molecular flexibility index (Phi) is 11.9. The van der Waals surface area contributed by atoms with Crippen LogP contribution in [0.15, 0.2) is 245 Å². The molecule has 16 bridgehead atoms. The zero-order valence-electron chi connectivity index (χ0n) is 42.7. The van der Waals surface area contributed by atoms with Crippen LogP contribution in [0.3, 0.4) is 0 Å². The van der Waals surface area contributed by atoms with Crippen molar-refractivity contribution in [3.05, 3.63) is 285 Å². The Bertz CT molecular complexity index is 4660. The number of allylic oxidation sites excluding steroid dienone is 15. The van der Waals surface area contributed by atoms with E-state index in [0.29, 0.717) is 84.8 Å². The minimum Gasteiger partial charge on any atom is -0.626 e. The molecule has 0 unspecified atom stereocenters. The van der Waals surface area contributed by atoms with E-state index in [-0.39, 0.29) is 34.2 Å². The number of hydrogen-bond donors (Lipinski definition) is 7. The van der Waals surface area contributed by atoms with Crippen LogP contribution in [0.25, 0.3) is 27.6 Å².